The third-order valence-electron chi connectivity index (χ3n) is 9.02. The molecule has 3 aromatic carbocycles. The third-order valence-corrected chi connectivity index (χ3v) is 9.02. The van der Waals surface area contributed by atoms with Crippen molar-refractivity contribution in [2.45, 2.75) is 78.1 Å². The number of methoxy groups -OCH3 is 2. The number of likely N-dealkylation sites (N-methyl/N-ethyl adjacent to an activating group) is 2. The van der Waals surface area contributed by atoms with Gasteiger partial charge < -0.3 is 34.8 Å². The summed E-state index contributed by atoms with van der Waals surface area (Å²) < 4.78 is 11.0. The van der Waals surface area contributed by atoms with Crippen molar-refractivity contribution in [1.82, 2.24) is 9.80 Å². The Hall–Kier alpha value is -3.75. The highest BCUT2D eigenvalue weighted by Gasteiger charge is 2.10. The van der Waals surface area contributed by atoms with Gasteiger partial charge in [0.05, 0.1) is 19.9 Å². The van der Waals surface area contributed by atoms with Crippen LogP contribution >= 0.6 is 0 Å². The van der Waals surface area contributed by atoms with Crippen LogP contribution in [0.5, 0.6) is 23.0 Å². The van der Waals surface area contributed by atoms with E-state index in [0.29, 0.717) is 11.4 Å². The van der Waals surface area contributed by atoms with Crippen molar-refractivity contribution in [3.8, 4) is 23.0 Å². The monoisotopic (exact) mass is 660 g/mol. The van der Waals surface area contributed by atoms with E-state index < -0.39 is 0 Å². The highest BCUT2D eigenvalue weighted by molar-refractivity contribution is 5.72. The lowest BCUT2D eigenvalue weighted by Crippen LogP contribution is -2.27. The molecule has 0 atom stereocenters. The number of aliphatic imine (C=N–C) groups is 1. The summed E-state index contributed by atoms with van der Waals surface area (Å²) in [7, 11) is 3.46. The molecule has 0 saturated heterocycles. The van der Waals surface area contributed by atoms with Crippen LogP contribution in [0.2, 0.25) is 0 Å². The lowest BCUT2D eigenvalue weighted by Gasteiger charge is -2.21. The molecule has 0 radical (unpaired) electrons. The Bertz CT molecular complexity index is 1350. The summed E-state index contributed by atoms with van der Waals surface area (Å²) in [5.41, 5.74) is 3.46. The maximum absolute atomic E-state index is 10.5. The zero-order valence-corrected chi connectivity index (χ0v) is 29.9. The van der Waals surface area contributed by atoms with E-state index in [9.17, 15) is 10.2 Å². The van der Waals surface area contributed by atoms with Crippen LogP contribution in [0.3, 0.4) is 0 Å². The van der Waals surface area contributed by atoms with Gasteiger partial charge >= 0.3 is 0 Å². The van der Waals surface area contributed by atoms with Gasteiger partial charge in [0.25, 0.3) is 0 Å². The fourth-order valence-corrected chi connectivity index (χ4v) is 5.99. The van der Waals surface area contributed by atoms with Gasteiger partial charge in [-0.25, -0.2) is 0 Å². The summed E-state index contributed by atoms with van der Waals surface area (Å²) in [5.74, 6) is 2.12. The Labute approximate surface area is 289 Å². The Morgan fingerprint density at radius 3 is 1.77 bits per heavy atom. The molecule has 0 aliphatic rings. The lowest BCUT2D eigenvalue weighted by atomic mass is 10.1. The average Bonchev–Trinajstić information content (AvgIpc) is 3.11. The quantitative estimate of drug-likeness (QED) is 0.0364. The van der Waals surface area contributed by atoms with Crippen molar-refractivity contribution in [3.63, 3.8) is 0 Å². The Balaban J connectivity index is 1.26. The number of phenols is 2. The molecule has 0 amide bonds. The first-order valence-corrected chi connectivity index (χ1v) is 18.0. The van der Waals surface area contributed by atoms with Crippen molar-refractivity contribution in [1.29, 1.82) is 0 Å². The van der Waals surface area contributed by atoms with Gasteiger partial charge in [0.2, 0.25) is 0 Å². The number of unbranched alkanes of at least 4 members (excludes halogenated alkanes) is 6. The van der Waals surface area contributed by atoms with Crippen LogP contribution in [0.1, 0.15) is 76.3 Å². The van der Waals surface area contributed by atoms with E-state index in [2.05, 4.69) is 58.2 Å². The Morgan fingerprint density at radius 2 is 1.21 bits per heavy atom. The molecule has 3 rings (SSSR count). The number of hydrogen-bond acceptors (Lipinski definition) is 8. The number of phenolic OH excluding ortho intramolecular Hbond substituents is 2. The second kappa shape index (κ2) is 22.8. The van der Waals surface area contributed by atoms with Gasteiger partial charge in [0.15, 0.2) is 0 Å². The molecule has 0 saturated carbocycles. The van der Waals surface area contributed by atoms with Crippen LogP contribution < -0.4 is 14.8 Å². The van der Waals surface area contributed by atoms with E-state index in [-0.39, 0.29) is 11.5 Å². The highest BCUT2D eigenvalue weighted by Crippen LogP contribution is 2.36. The van der Waals surface area contributed by atoms with Gasteiger partial charge in [0, 0.05) is 38.0 Å². The molecule has 8 heteroatoms. The summed E-state index contributed by atoms with van der Waals surface area (Å²) in [5, 5.41) is 24.3. The SMILES string of the molecule is CCN(CCCCCC=Nc1cc(O)c(NCCCCCCN(CC)CCc2ccccc2OC)cc1O)CCc1ccccc1OC. The maximum Gasteiger partial charge on any atom is 0.143 e. The number of nitrogens with one attached hydrogen (secondary N) is 1. The van der Waals surface area contributed by atoms with Crippen molar-refractivity contribution < 1.29 is 19.7 Å². The lowest BCUT2D eigenvalue weighted by molar-refractivity contribution is 0.282. The van der Waals surface area contributed by atoms with Gasteiger partial charge in [-0.3, -0.25) is 4.99 Å². The second-order valence-corrected chi connectivity index (χ2v) is 12.4. The fraction of sp³-hybridized carbons (Fsp3) is 0.525. The number of ether oxygens (including phenoxy) is 2. The Morgan fingerprint density at radius 1 is 0.667 bits per heavy atom. The van der Waals surface area contributed by atoms with Crippen LogP contribution in [0.25, 0.3) is 0 Å². The molecule has 3 N–H and O–H groups in total. The first kappa shape index (κ1) is 38.7. The van der Waals surface area contributed by atoms with Crippen LogP contribution in [-0.2, 0) is 12.8 Å². The van der Waals surface area contributed by atoms with Crippen LogP contribution in [0, 0.1) is 0 Å². The molecular weight excluding hydrogens is 600 g/mol. The van der Waals surface area contributed by atoms with E-state index >= 15 is 0 Å². The normalized spacial score (nSPS) is 11.5. The van der Waals surface area contributed by atoms with Crippen LogP contribution in [-0.4, -0.2) is 86.3 Å². The van der Waals surface area contributed by atoms with Crippen molar-refractivity contribution in [3.05, 3.63) is 71.8 Å². The van der Waals surface area contributed by atoms with Crippen molar-refractivity contribution in [2.24, 2.45) is 4.99 Å². The number of para-hydroxylation sites is 2. The van der Waals surface area contributed by atoms with Gasteiger partial charge in [-0.2, -0.15) is 0 Å². The van der Waals surface area contributed by atoms with E-state index in [1.165, 1.54) is 24.0 Å². The van der Waals surface area contributed by atoms with E-state index in [1.807, 2.05) is 30.5 Å². The molecule has 0 aromatic heterocycles. The Kier molecular flexibility index (Phi) is 18.3. The molecule has 3 aromatic rings. The molecule has 0 heterocycles. The summed E-state index contributed by atoms with van der Waals surface area (Å²) in [4.78, 5) is 9.42. The van der Waals surface area contributed by atoms with Gasteiger partial charge in [-0.05, 0) is 94.4 Å². The molecule has 48 heavy (non-hydrogen) atoms. The molecule has 0 unspecified atom stereocenters. The number of benzene rings is 3. The number of rotatable bonds is 25. The minimum atomic E-state index is 0.0768. The van der Waals surface area contributed by atoms with Gasteiger partial charge in [-0.15, -0.1) is 0 Å². The van der Waals surface area contributed by atoms with Crippen molar-refractivity contribution >= 4 is 17.6 Å². The summed E-state index contributed by atoms with van der Waals surface area (Å²) in [6.07, 6.45) is 12.4. The number of nitrogens with zero attached hydrogens (tertiary/aromatic N) is 3. The van der Waals surface area contributed by atoms with Gasteiger partial charge in [-0.1, -0.05) is 69.5 Å². The molecule has 8 nitrogen and oxygen atoms in total. The molecule has 0 spiro atoms. The minimum Gasteiger partial charge on any atom is -0.506 e. The highest BCUT2D eigenvalue weighted by atomic mass is 16.5. The minimum absolute atomic E-state index is 0.0768. The first-order valence-electron chi connectivity index (χ1n) is 18.0. The third kappa shape index (κ3) is 13.8. The number of hydrogen-bond donors (Lipinski definition) is 3. The zero-order chi connectivity index (χ0) is 34.4. The number of aromatic hydroxyl groups is 2. The number of anilines is 1. The molecule has 264 valence electrons. The van der Waals surface area contributed by atoms with Crippen LogP contribution in [0.15, 0.2) is 65.7 Å². The summed E-state index contributed by atoms with van der Waals surface area (Å²) >= 11 is 0. The standard InChI is InChI=1S/C40H60N4O4/c1-5-43(29-23-33-19-11-13-21-39(33)47-3)27-17-9-7-15-25-41-35-31-38(46)36(32-37(35)45)42-26-16-8-10-18-28-44(6-2)30-24-34-20-12-14-22-40(34)48-4/h11-14,19-22,25,31-32,42,45-46H,5-10,15-18,23-24,26-30H2,1-4H3. The van der Waals surface area contributed by atoms with E-state index in [4.69, 9.17) is 9.47 Å². The average molecular weight is 661 g/mol. The predicted octanol–water partition coefficient (Wildman–Crippen LogP) is 8.48. The van der Waals surface area contributed by atoms with Gasteiger partial charge in [0.1, 0.15) is 28.7 Å². The zero-order valence-electron chi connectivity index (χ0n) is 29.9. The maximum atomic E-state index is 10.5. The van der Waals surface area contributed by atoms with E-state index in [1.54, 1.807) is 26.4 Å². The molecule has 0 aliphatic carbocycles. The van der Waals surface area contributed by atoms with Crippen molar-refractivity contribution in [2.75, 3.05) is 65.3 Å². The van der Waals surface area contributed by atoms with Crippen LogP contribution in [0.4, 0.5) is 11.4 Å². The predicted molar refractivity (Wildman–Crippen MR) is 201 cm³/mol. The first-order chi connectivity index (χ1) is 23.5. The second-order valence-electron chi connectivity index (χ2n) is 12.4. The summed E-state index contributed by atoms with van der Waals surface area (Å²) in [6.45, 7) is 11.5. The molecular formula is C40H60N4O4. The smallest absolute Gasteiger partial charge is 0.143 e. The fourth-order valence-electron chi connectivity index (χ4n) is 5.99. The molecule has 0 fully saturated rings. The molecule has 0 aliphatic heterocycles. The topological polar surface area (TPSA) is 89.8 Å². The molecule has 0 bridgehead atoms. The summed E-state index contributed by atoms with van der Waals surface area (Å²) in [6, 6.07) is 19.6. The van der Waals surface area contributed by atoms with E-state index in [0.717, 1.165) is 109 Å². The largest absolute Gasteiger partial charge is 0.506 e.